The van der Waals surface area contributed by atoms with Gasteiger partial charge in [-0.05, 0) is 12.1 Å². The van der Waals surface area contributed by atoms with E-state index in [-0.39, 0.29) is 4.99 Å². The average Bonchev–Trinajstić information content (AvgIpc) is 2.15. The fourth-order valence-electron chi connectivity index (χ4n) is 0.826. The highest BCUT2D eigenvalue weighted by molar-refractivity contribution is 7.80. The lowest BCUT2D eigenvalue weighted by atomic mass is 10.3. The predicted molar refractivity (Wildman–Crippen MR) is 54.6 cm³/mol. The highest BCUT2D eigenvalue weighted by atomic mass is 32.1. The van der Waals surface area contributed by atoms with E-state index < -0.39 is 13.0 Å². The van der Waals surface area contributed by atoms with Crippen LogP contribution in [0, 0.1) is 0 Å². The molecule has 0 aliphatic rings. The number of alkyl halides is 2. The number of nitrogens with one attached hydrogen (secondary N) is 1. The predicted octanol–water partition coefficient (Wildman–Crippen LogP) is 1.39. The Hall–Kier alpha value is -1.30. The molecule has 3 nitrogen and oxygen atoms in total. The fraction of sp³-hybridized carbons (Fsp3) is 0.250. The van der Waals surface area contributed by atoms with Gasteiger partial charge in [0.1, 0.15) is 10.8 Å². The minimum Gasteiger partial charge on any atom is -0.389 e. The lowest BCUT2D eigenvalue weighted by molar-refractivity contribution is 0.163. The highest BCUT2D eigenvalue weighted by Gasteiger charge is 2.02. The zero-order valence-corrected chi connectivity index (χ0v) is 8.02. The number of nitrogens with two attached hydrogens (primary N) is 1. The van der Waals surface area contributed by atoms with Crippen LogP contribution in [0.2, 0.25) is 0 Å². The molecule has 0 amide bonds. The van der Waals surface area contributed by atoms with Crippen molar-refractivity contribution in [1.82, 2.24) is 4.98 Å². The smallest absolute Gasteiger partial charge is 0.255 e. The molecular weight excluding hydrogens is 208 g/mol. The van der Waals surface area contributed by atoms with Crippen molar-refractivity contribution in [3.05, 3.63) is 23.9 Å². The number of aromatic nitrogens is 1. The lowest BCUT2D eigenvalue weighted by Gasteiger charge is -2.04. The van der Waals surface area contributed by atoms with Gasteiger partial charge in [0.05, 0.1) is 6.54 Å². The molecule has 0 spiro atoms. The molecule has 0 saturated carbocycles. The van der Waals surface area contributed by atoms with Crippen molar-refractivity contribution in [2.75, 3.05) is 11.9 Å². The van der Waals surface area contributed by atoms with Gasteiger partial charge in [0.25, 0.3) is 6.43 Å². The molecule has 1 aromatic rings. The standard InChI is InChI=1S/C8H9F2N3S/c9-6(10)4-13-7-2-1-5(3-12-7)8(11)14/h1-3,6H,4H2,(H2,11,14)(H,12,13). The average molecular weight is 217 g/mol. The summed E-state index contributed by atoms with van der Waals surface area (Å²) in [6.07, 6.45) is -0.956. The number of rotatable bonds is 4. The number of hydrogen-bond acceptors (Lipinski definition) is 3. The summed E-state index contributed by atoms with van der Waals surface area (Å²) in [5, 5.41) is 2.47. The Balaban J connectivity index is 2.60. The van der Waals surface area contributed by atoms with Crippen molar-refractivity contribution < 1.29 is 8.78 Å². The van der Waals surface area contributed by atoms with Crippen molar-refractivity contribution in [1.29, 1.82) is 0 Å². The first-order chi connectivity index (χ1) is 6.59. The number of nitrogens with zero attached hydrogens (tertiary/aromatic N) is 1. The van der Waals surface area contributed by atoms with Gasteiger partial charge in [-0.15, -0.1) is 0 Å². The molecule has 1 heterocycles. The monoisotopic (exact) mass is 217 g/mol. The van der Waals surface area contributed by atoms with Crippen LogP contribution < -0.4 is 11.1 Å². The van der Waals surface area contributed by atoms with Crippen molar-refractivity contribution in [3.8, 4) is 0 Å². The molecule has 0 aliphatic carbocycles. The number of thiocarbonyl (C=S) groups is 1. The minimum absolute atomic E-state index is 0.234. The maximum absolute atomic E-state index is 11.8. The molecule has 0 aliphatic heterocycles. The minimum atomic E-state index is -2.40. The SMILES string of the molecule is NC(=S)c1ccc(NCC(F)F)nc1. The molecule has 6 heteroatoms. The van der Waals surface area contributed by atoms with Crippen LogP contribution in [0.4, 0.5) is 14.6 Å². The van der Waals surface area contributed by atoms with Crippen LogP contribution in [0.5, 0.6) is 0 Å². The van der Waals surface area contributed by atoms with E-state index in [0.717, 1.165) is 0 Å². The fourth-order valence-corrected chi connectivity index (χ4v) is 0.947. The van der Waals surface area contributed by atoms with Gasteiger partial charge in [-0.3, -0.25) is 0 Å². The number of pyridine rings is 1. The summed E-state index contributed by atoms with van der Waals surface area (Å²) in [6.45, 7) is -0.417. The summed E-state index contributed by atoms with van der Waals surface area (Å²) in [5.41, 5.74) is 5.95. The van der Waals surface area contributed by atoms with Gasteiger partial charge in [0.15, 0.2) is 0 Å². The Labute approximate surface area is 85.3 Å². The Morgan fingerprint density at radius 2 is 2.29 bits per heavy atom. The first-order valence-electron chi connectivity index (χ1n) is 3.87. The second kappa shape index (κ2) is 4.80. The zero-order chi connectivity index (χ0) is 10.6. The second-order valence-corrected chi connectivity index (χ2v) is 3.01. The third-order valence-electron chi connectivity index (χ3n) is 1.49. The molecule has 0 atom stereocenters. The van der Waals surface area contributed by atoms with Crippen LogP contribution in [-0.4, -0.2) is 22.9 Å². The summed E-state index contributed by atoms with van der Waals surface area (Å²) in [5.74, 6) is 0.380. The third-order valence-corrected chi connectivity index (χ3v) is 1.72. The van der Waals surface area contributed by atoms with Crippen LogP contribution >= 0.6 is 12.2 Å². The Bertz CT molecular complexity index is 313. The zero-order valence-electron chi connectivity index (χ0n) is 7.21. The van der Waals surface area contributed by atoms with E-state index in [0.29, 0.717) is 11.4 Å². The first-order valence-corrected chi connectivity index (χ1v) is 4.28. The van der Waals surface area contributed by atoms with Gasteiger partial charge in [-0.25, -0.2) is 13.8 Å². The molecule has 0 bridgehead atoms. The highest BCUT2D eigenvalue weighted by Crippen LogP contribution is 2.05. The number of halogens is 2. The molecule has 3 N–H and O–H groups in total. The molecule has 1 aromatic heterocycles. The maximum atomic E-state index is 11.8. The van der Waals surface area contributed by atoms with Crippen LogP contribution in [0.15, 0.2) is 18.3 Å². The van der Waals surface area contributed by atoms with Gasteiger partial charge in [-0.2, -0.15) is 0 Å². The first kappa shape index (κ1) is 10.8. The second-order valence-electron chi connectivity index (χ2n) is 2.57. The number of anilines is 1. The van der Waals surface area contributed by atoms with Crippen LogP contribution in [0.1, 0.15) is 5.56 Å². The van der Waals surface area contributed by atoms with E-state index in [9.17, 15) is 8.78 Å². The Morgan fingerprint density at radius 3 is 2.71 bits per heavy atom. The van der Waals surface area contributed by atoms with Gasteiger partial charge >= 0.3 is 0 Å². The van der Waals surface area contributed by atoms with Crippen molar-refractivity contribution in [2.45, 2.75) is 6.43 Å². The van der Waals surface area contributed by atoms with Crippen molar-refractivity contribution in [3.63, 3.8) is 0 Å². The van der Waals surface area contributed by atoms with E-state index in [4.69, 9.17) is 18.0 Å². The maximum Gasteiger partial charge on any atom is 0.255 e. The van der Waals surface area contributed by atoms with Gasteiger partial charge in [0, 0.05) is 11.8 Å². The van der Waals surface area contributed by atoms with Crippen LogP contribution in [0.25, 0.3) is 0 Å². The van der Waals surface area contributed by atoms with E-state index >= 15 is 0 Å². The van der Waals surface area contributed by atoms with E-state index in [1.54, 1.807) is 12.1 Å². The Morgan fingerprint density at radius 1 is 1.57 bits per heavy atom. The molecular formula is C8H9F2N3S. The number of hydrogen-bond donors (Lipinski definition) is 2. The quantitative estimate of drug-likeness (QED) is 0.748. The summed E-state index contributed by atoms with van der Waals surface area (Å²) < 4.78 is 23.6. The van der Waals surface area contributed by atoms with Gasteiger partial charge < -0.3 is 11.1 Å². The summed E-state index contributed by atoms with van der Waals surface area (Å²) in [7, 11) is 0. The normalized spacial score (nSPS) is 10.2. The van der Waals surface area contributed by atoms with E-state index in [2.05, 4.69) is 10.3 Å². The molecule has 0 radical (unpaired) electrons. The topological polar surface area (TPSA) is 50.9 Å². The van der Waals surface area contributed by atoms with E-state index in [1.165, 1.54) is 6.20 Å². The summed E-state index contributed by atoms with van der Waals surface area (Å²) >= 11 is 4.71. The molecule has 0 saturated heterocycles. The van der Waals surface area contributed by atoms with Crippen LogP contribution in [0.3, 0.4) is 0 Å². The molecule has 14 heavy (non-hydrogen) atoms. The molecule has 0 fully saturated rings. The largest absolute Gasteiger partial charge is 0.389 e. The van der Waals surface area contributed by atoms with Crippen LogP contribution in [-0.2, 0) is 0 Å². The van der Waals surface area contributed by atoms with Gasteiger partial charge in [0.2, 0.25) is 0 Å². The Kier molecular flexibility index (Phi) is 3.70. The van der Waals surface area contributed by atoms with Crippen molar-refractivity contribution >= 4 is 23.0 Å². The van der Waals surface area contributed by atoms with Gasteiger partial charge in [-0.1, -0.05) is 12.2 Å². The summed E-state index contributed by atoms with van der Waals surface area (Å²) in [6, 6.07) is 3.18. The molecule has 76 valence electrons. The molecule has 0 unspecified atom stereocenters. The lowest BCUT2D eigenvalue weighted by Crippen LogP contribution is -2.13. The molecule has 1 rings (SSSR count). The third kappa shape index (κ3) is 3.21. The van der Waals surface area contributed by atoms with Crippen molar-refractivity contribution in [2.24, 2.45) is 5.73 Å². The molecule has 0 aromatic carbocycles. The summed E-state index contributed by atoms with van der Waals surface area (Å²) in [4.78, 5) is 4.09. The van der Waals surface area contributed by atoms with E-state index in [1.807, 2.05) is 0 Å².